The van der Waals surface area contributed by atoms with Gasteiger partial charge in [-0.2, -0.15) is 0 Å². The number of hydrogen-bond acceptors (Lipinski definition) is 4. The van der Waals surface area contributed by atoms with Crippen molar-refractivity contribution in [3.05, 3.63) is 83.4 Å². The highest BCUT2D eigenvalue weighted by Gasteiger charge is 2.42. The normalized spacial score (nSPS) is 19.2. The van der Waals surface area contributed by atoms with E-state index in [1.165, 1.54) is 6.33 Å². The molecule has 1 saturated heterocycles. The molecule has 6 heteroatoms. The van der Waals surface area contributed by atoms with E-state index in [-0.39, 0.29) is 5.91 Å². The van der Waals surface area contributed by atoms with Crippen LogP contribution in [0.15, 0.2) is 67.3 Å². The van der Waals surface area contributed by atoms with Crippen molar-refractivity contribution in [2.75, 3.05) is 20.1 Å². The number of carbonyl (C=O) groups is 1. The van der Waals surface area contributed by atoms with E-state index in [0.29, 0.717) is 13.0 Å². The Kier molecular flexibility index (Phi) is 6.64. The van der Waals surface area contributed by atoms with Crippen LogP contribution >= 0.6 is 11.6 Å². The summed E-state index contributed by atoms with van der Waals surface area (Å²) in [6.07, 6.45) is 7.66. The summed E-state index contributed by atoms with van der Waals surface area (Å²) in [5, 5.41) is 3.71. The molecule has 1 unspecified atom stereocenters. The van der Waals surface area contributed by atoms with Crippen LogP contribution in [-0.2, 0) is 17.8 Å². The van der Waals surface area contributed by atoms with Crippen LogP contribution in [0.2, 0.25) is 5.02 Å². The molecule has 5 nitrogen and oxygen atoms in total. The average molecular weight is 435 g/mol. The molecule has 0 saturated carbocycles. The second-order valence-electron chi connectivity index (χ2n) is 8.23. The van der Waals surface area contributed by atoms with Crippen molar-refractivity contribution in [3.8, 4) is 11.1 Å². The monoisotopic (exact) mass is 434 g/mol. The summed E-state index contributed by atoms with van der Waals surface area (Å²) in [5.74, 6) is 0.0930. The van der Waals surface area contributed by atoms with Crippen molar-refractivity contribution < 1.29 is 4.79 Å². The highest BCUT2D eigenvalue weighted by Crippen LogP contribution is 2.37. The molecule has 3 aromatic rings. The lowest BCUT2D eigenvalue weighted by Gasteiger charge is -2.42. The molecule has 0 aliphatic carbocycles. The fourth-order valence-corrected chi connectivity index (χ4v) is 4.86. The molecule has 1 aromatic heterocycles. The maximum absolute atomic E-state index is 13.2. The van der Waals surface area contributed by atoms with Crippen molar-refractivity contribution in [1.82, 2.24) is 20.2 Å². The highest BCUT2D eigenvalue weighted by molar-refractivity contribution is 6.31. The van der Waals surface area contributed by atoms with Gasteiger partial charge in [-0.25, -0.2) is 9.97 Å². The van der Waals surface area contributed by atoms with Gasteiger partial charge in [-0.05, 0) is 48.6 Å². The first-order valence-electron chi connectivity index (χ1n) is 10.6. The van der Waals surface area contributed by atoms with E-state index < -0.39 is 5.41 Å². The molecule has 31 heavy (non-hydrogen) atoms. The number of nitrogens with zero attached hydrogens (tertiary/aromatic N) is 3. The van der Waals surface area contributed by atoms with Crippen LogP contribution in [0, 0.1) is 5.41 Å². The first-order valence-corrected chi connectivity index (χ1v) is 11.0. The predicted molar refractivity (Wildman–Crippen MR) is 124 cm³/mol. The van der Waals surface area contributed by atoms with E-state index in [1.54, 1.807) is 7.05 Å². The quantitative estimate of drug-likeness (QED) is 0.626. The van der Waals surface area contributed by atoms with Crippen LogP contribution < -0.4 is 5.32 Å². The lowest BCUT2D eigenvalue weighted by Crippen LogP contribution is -2.52. The third-order valence-corrected chi connectivity index (χ3v) is 6.50. The van der Waals surface area contributed by atoms with Crippen LogP contribution in [0.5, 0.6) is 0 Å². The van der Waals surface area contributed by atoms with Gasteiger partial charge in [-0.3, -0.25) is 9.69 Å². The van der Waals surface area contributed by atoms with Gasteiger partial charge < -0.3 is 5.32 Å². The van der Waals surface area contributed by atoms with Gasteiger partial charge >= 0.3 is 0 Å². The first kappa shape index (κ1) is 21.5. The molecule has 2 heterocycles. The minimum atomic E-state index is -0.500. The molecular weight excluding hydrogens is 408 g/mol. The summed E-state index contributed by atoms with van der Waals surface area (Å²) in [6.45, 7) is 2.39. The molecule has 160 valence electrons. The zero-order valence-corrected chi connectivity index (χ0v) is 18.5. The average Bonchev–Trinajstić information content (AvgIpc) is 2.81. The smallest absolute Gasteiger partial charge is 0.227 e. The Bertz CT molecular complexity index is 1040. The summed E-state index contributed by atoms with van der Waals surface area (Å²) >= 11 is 6.40. The molecule has 1 fully saturated rings. The lowest BCUT2D eigenvalue weighted by atomic mass is 9.73. The van der Waals surface area contributed by atoms with Crippen LogP contribution in [0.1, 0.15) is 24.0 Å². The number of piperidine rings is 1. The van der Waals surface area contributed by atoms with Gasteiger partial charge in [-0.1, -0.05) is 54.1 Å². The van der Waals surface area contributed by atoms with Gasteiger partial charge in [-0.15, -0.1) is 0 Å². The van der Waals surface area contributed by atoms with E-state index in [1.807, 2.05) is 42.7 Å². The minimum absolute atomic E-state index is 0.0930. The summed E-state index contributed by atoms with van der Waals surface area (Å²) in [5.41, 5.74) is 3.78. The number of hydrogen-bond donors (Lipinski definition) is 1. The van der Waals surface area contributed by atoms with Gasteiger partial charge in [0, 0.05) is 43.1 Å². The number of halogens is 1. The van der Waals surface area contributed by atoms with Crippen LogP contribution in [0.25, 0.3) is 11.1 Å². The zero-order chi connectivity index (χ0) is 21.7. The van der Waals surface area contributed by atoms with E-state index in [4.69, 9.17) is 11.6 Å². The molecule has 4 rings (SSSR count). The zero-order valence-electron chi connectivity index (χ0n) is 17.7. The minimum Gasteiger partial charge on any atom is -0.359 e. The predicted octanol–water partition coefficient (Wildman–Crippen LogP) is 4.37. The van der Waals surface area contributed by atoms with E-state index in [0.717, 1.165) is 53.2 Å². The van der Waals surface area contributed by atoms with Gasteiger partial charge in [0.05, 0.1) is 5.41 Å². The van der Waals surface area contributed by atoms with Gasteiger partial charge in [0.2, 0.25) is 5.91 Å². The fraction of sp³-hybridized carbons (Fsp3) is 0.320. The molecule has 1 aliphatic heterocycles. The van der Waals surface area contributed by atoms with Crippen molar-refractivity contribution in [1.29, 1.82) is 0 Å². The third kappa shape index (κ3) is 4.78. The lowest BCUT2D eigenvalue weighted by molar-refractivity contribution is -0.134. The Morgan fingerprint density at radius 3 is 2.55 bits per heavy atom. The Balaban J connectivity index is 1.64. The molecule has 1 atom stereocenters. The number of rotatable bonds is 6. The molecular formula is C25H27ClN4O. The maximum atomic E-state index is 13.2. The molecule has 0 spiro atoms. The molecule has 1 aliphatic rings. The third-order valence-electron chi connectivity index (χ3n) is 6.13. The first-order chi connectivity index (χ1) is 15.1. The topological polar surface area (TPSA) is 58.1 Å². The summed E-state index contributed by atoms with van der Waals surface area (Å²) in [4.78, 5) is 23.9. The number of likely N-dealkylation sites (tertiary alicyclic amines) is 1. The number of aromatic nitrogens is 2. The van der Waals surface area contributed by atoms with Gasteiger partial charge in [0.1, 0.15) is 6.33 Å². The molecule has 1 N–H and O–H groups in total. The van der Waals surface area contributed by atoms with E-state index in [9.17, 15) is 4.79 Å². The maximum Gasteiger partial charge on any atom is 0.227 e. The van der Waals surface area contributed by atoms with Crippen LogP contribution in [0.3, 0.4) is 0 Å². The Morgan fingerprint density at radius 1 is 1.10 bits per heavy atom. The summed E-state index contributed by atoms with van der Waals surface area (Å²) in [6, 6.07) is 16.2. The highest BCUT2D eigenvalue weighted by atomic mass is 35.5. The Hall–Kier alpha value is -2.76. The van der Waals surface area contributed by atoms with E-state index in [2.05, 4.69) is 38.4 Å². The van der Waals surface area contributed by atoms with E-state index >= 15 is 0 Å². The Morgan fingerprint density at radius 2 is 1.81 bits per heavy atom. The van der Waals surface area contributed by atoms with Gasteiger partial charge in [0.15, 0.2) is 0 Å². The van der Waals surface area contributed by atoms with Crippen molar-refractivity contribution in [2.24, 2.45) is 5.41 Å². The number of carbonyl (C=O) groups excluding carboxylic acids is 1. The number of amides is 1. The molecule has 0 bridgehead atoms. The molecule has 0 radical (unpaired) electrons. The number of nitrogens with one attached hydrogen (secondary N) is 1. The largest absolute Gasteiger partial charge is 0.359 e. The second kappa shape index (κ2) is 9.58. The molecule has 1 amide bonds. The Labute approximate surface area is 188 Å². The SMILES string of the molecule is CNC(=O)C1(Cc2ccccc2-c2cncnc2)CCCN(Cc2ccccc2Cl)C1. The van der Waals surface area contributed by atoms with Crippen molar-refractivity contribution in [2.45, 2.75) is 25.8 Å². The summed E-state index contributed by atoms with van der Waals surface area (Å²) in [7, 11) is 1.73. The standard InChI is InChI=1S/C25H27ClN4O/c1-27-24(31)25(11-6-12-30(17-25)16-20-8-3-5-10-23(20)26)13-19-7-2-4-9-22(19)21-14-28-18-29-15-21/h2-5,7-10,14-15,18H,6,11-13,16-17H2,1H3,(H,27,31). The summed E-state index contributed by atoms with van der Waals surface area (Å²) < 4.78 is 0. The van der Waals surface area contributed by atoms with Crippen molar-refractivity contribution >= 4 is 17.5 Å². The molecule has 2 aromatic carbocycles. The second-order valence-corrected chi connectivity index (χ2v) is 8.63. The number of benzene rings is 2. The van der Waals surface area contributed by atoms with Crippen LogP contribution in [-0.4, -0.2) is 40.9 Å². The van der Waals surface area contributed by atoms with Crippen LogP contribution in [0.4, 0.5) is 0 Å². The van der Waals surface area contributed by atoms with Crippen molar-refractivity contribution in [3.63, 3.8) is 0 Å². The van der Waals surface area contributed by atoms with Gasteiger partial charge in [0.25, 0.3) is 0 Å². The fourth-order valence-electron chi connectivity index (χ4n) is 4.66.